The Bertz CT molecular complexity index is 341. The molecule has 2 rings (SSSR count). The van der Waals surface area contributed by atoms with Crippen LogP contribution >= 0.6 is 0 Å². The van der Waals surface area contributed by atoms with Crippen LogP contribution in [-0.4, -0.2) is 15.8 Å². The number of nitrogens with one attached hydrogen (secondary N) is 1. The minimum atomic E-state index is 0.416. The summed E-state index contributed by atoms with van der Waals surface area (Å²) in [5, 5.41) is 8.08. The SMILES string of the molecule is CCC(CC1CC1)NC(C)c1cnn(CC)c1. The summed E-state index contributed by atoms with van der Waals surface area (Å²) < 4.78 is 2.00. The summed E-state index contributed by atoms with van der Waals surface area (Å²) in [7, 11) is 0. The van der Waals surface area contributed by atoms with Crippen LogP contribution in [0.5, 0.6) is 0 Å². The smallest absolute Gasteiger partial charge is 0.0537 e. The van der Waals surface area contributed by atoms with Crippen LogP contribution < -0.4 is 5.32 Å². The molecular formula is C14H25N3. The van der Waals surface area contributed by atoms with Crippen LogP contribution in [0.4, 0.5) is 0 Å². The third kappa shape index (κ3) is 3.56. The highest BCUT2D eigenvalue weighted by atomic mass is 15.3. The highest BCUT2D eigenvalue weighted by molar-refractivity contribution is 5.09. The minimum absolute atomic E-state index is 0.416. The first-order chi connectivity index (χ1) is 8.22. The van der Waals surface area contributed by atoms with Crippen LogP contribution in [0.25, 0.3) is 0 Å². The van der Waals surface area contributed by atoms with Gasteiger partial charge in [0, 0.05) is 30.4 Å². The largest absolute Gasteiger partial charge is 0.307 e. The van der Waals surface area contributed by atoms with Crippen LogP contribution in [0.2, 0.25) is 0 Å². The number of aromatic nitrogens is 2. The van der Waals surface area contributed by atoms with E-state index in [0.29, 0.717) is 12.1 Å². The quantitative estimate of drug-likeness (QED) is 0.787. The molecule has 3 nitrogen and oxygen atoms in total. The molecule has 96 valence electrons. The summed E-state index contributed by atoms with van der Waals surface area (Å²) in [5.74, 6) is 0.998. The van der Waals surface area contributed by atoms with Crippen molar-refractivity contribution in [2.24, 2.45) is 5.92 Å². The molecule has 1 N–H and O–H groups in total. The van der Waals surface area contributed by atoms with Crippen molar-refractivity contribution in [3.63, 3.8) is 0 Å². The van der Waals surface area contributed by atoms with Gasteiger partial charge in [-0.05, 0) is 32.6 Å². The molecule has 1 aliphatic rings. The Morgan fingerprint density at radius 2 is 2.24 bits per heavy atom. The molecule has 0 bridgehead atoms. The summed E-state index contributed by atoms with van der Waals surface area (Å²) in [6.45, 7) is 7.59. The first-order valence-corrected chi connectivity index (χ1v) is 7.01. The fourth-order valence-corrected chi connectivity index (χ4v) is 2.33. The number of hydrogen-bond acceptors (Lipinski definition) is 2. The molecule has 2 unspecified atom stereocenters. The van der Waals surface area contributed by atoms with E-state index in [4.69, 9.17) is 0 Å². The summed E-state index contributed by atoms with van der Waals surface area (Å²) in [5.41, 5.74) is 1.31. The van der Waals surface area contributed by atoms with Gasteiger partial charge >= 0.3 is 0 Å². The molecule has 0 amide bonds. The van der Waals surface area contributed by atoms with Gasteiger partial charge in [0.1, 0.15) is 0 Å². The molecule has 1 fully saturated rings. The average Bonchev–Trinajstić information content (AvgIpc) is 3.02. The van der Waals surface area contributed by atoms with Gasteiger partial charge in [-0.2, -0.15) is 5.10 Å². The second-order valence-electron chi connectivity index (χ2n) is 5.30. The molecule has 0 aliphatic heterocycles. The lowest BCUT2D eigenvalue weighted by atomic mass is 10.1. The topological polar surface area (TPSA) is 29.9 Å². The van der Waals surface area contributed by atoms with Crippen molar-refractivity contribution in [2.45, 2.75) is 65.1 Å². The second-order valence-corrected chi connectivity index (χ2v) is 5.30. The Morgan fingerprint density at radius 1 is 1.47 bits per heavy atom. The van der Waals surface area contributed by atoms with E-state index in [1.807, 2.05) is 10.9 Å². The van der Waals surface area contributed by atoms with Gasteiger partial charge in [-0.1, -0.05) is 19.8 Å². The van der Waals surface area contributed by atoms with Gasteiger partial charge in [0.25, 0.3) is 0 Å². The summed E-state index contributed by atoms with van der Waals surface area (Å²) in [4.78, 5) is 0. The van der Waals surface area contributed by atoms with Crippen molar-refractivity contribution >= 4 is 0 Å². The molecular weight excluding hydrogens is 210 g/mol. The standard InChI is InChI=1S/C14H25N3/c1-4-14(8-12-6-7-12)16-11(3)13-9-15-17(5-2)10-13/h9-12,14,16H,4-8H2,1-3H3. The maximum absolute atomic E-state index is 4.34. The van der Waals surface area contributed by atoms with Crippen LogP contribution in [0.15, 0.2) is 12.4 Å². The number of rotatable bonds is 7. The number of nitrogens with zero attached hydrogens (tertiary/aromatic N) is 2. The molecule has 1 aromatic heterocycles. The Morgan fingerprint density at radius 3 is 2.76 bits per heavy atom. The van der Waals surface area contributed by atoms with Gasteiger partial charge in [0.05, 0.1) is 6.20 Å². The molecule has 0 radical (unpaired) electrons. The van der Waals surface area contributed by atoms with Crippen LogP contribution in [0, 0.1) is 5.92 Å². The highest BCUT2D eigenvalue weighted by Crippen LogP contribution is 2.34. The Hall–Kier alpha value is -0.830. The van der Waals surface area contributed by atoms with Gasteiger partial charge in [0.15, 0.2) is 0 Å². The van der Waals surface area contributed by atoms with Crippen LogP contribution in [0.1, 0.15) is 58.1 Å². The van der Waals surface area contributed by atoms with Crippen LogP contribution in [-0.2, 0) is 6.54 Å². The van der Waals surface area contributed by atoms with E-state index in [9.17, 15) is 0 Å². The lowest BCUT2D eigenvalue weighted by molar-refractivity contribution is 0.404. The average molecular weight is 235 g/mol. The van der Waals surface area contributed by atoms with Gasteiger partial charge in [-0.15, -0.1) is 0 Å². The maximum atomic E-state index is 4.34. The van der Waals surface area contributed by atoms with Crippen LogP contribution in [0.3, 0.4) is 0 Å². The van der Waals surface area contributed by atoms with E-state index in [1.54, 1.807) is 0 Å². The van der Waals surface area contributed by atoms with E-state index < -0.39 is 0 Å². The van der Waals surface area contributed by atoms with E-state index in [1.165, 1.54) is 31.2 Å². The number of aryl methyl sites for hydroxylation is 1. The Kier molecular flexibility index (Phi) is 4.21. The minimum Gasteiger partial charge on any atom is -0.307 e. The van der Waals surface area contributed by atoms with E-state index in [0.717, 1.165) is 12.5 Å². The van der Waals surface area contributed by atoms with E-state index >= 15 is 0 Å². The van der Waals surface area contributed by atoms with Crippen molar-refractivity contribution in [3.8, 4) is 0 Å². The van der Waals surface area contributed by atoms with Crippen molar-refractivity contribution in [1.29, 1.82) is 0 Å². The normalized spacial score (nSPS) is 19.2. The molecule has 0 aromatic carbocycles. The predicted molar refractivity (Wildman–Crippen MR) is 70.9 cm³/mol. The summed E-state index contributed by atoms with van der Waals surface area (Å²) >= 11 is 0. The fraction of sp³-hybridized carbons (Fsp3) is 0.786. The zero-order chi connectivity index (χ0) is 12.3. The molecule has 0 spiro atoms. The lowest BCUT2D eigenvalue weighted by Crippen LogP contribution is -2.31. The third-order valence-electron chi connectivity index (χ3n) is 3.77. The zero-order valence-corrected chi connectivity index (χ0v) is 11.3. The fourth-order valence-electron chi connectivity index (χ4n) is 2.33. The summed E-state index contributed by atoms with van der Waals surface area (Å²) in [6, 6.07) is 1.08. The van der Waals surface area contributed by atoms with Crippen molar-refractivity contribution in [2.75, 3.05) is 0 Å². The highest BCUT2D eigenvalue weighted by Gasteiger charge is 2.25. The molecule has 17 heavy (non-hydrogen) atoms. The Balaban J connectivity index is 1.87. The molecule has 0 saturated heterocycles. The van der Waals surface area contributed by atoms with Gasteiger partial charge in [-0.25, -0.2) is 0 Å². The third-order valence-corrected chi connectivity index (χ3v) is 3.77. The molecule has 1 aromatic rings. The molecule has 3 heteroatoms. The maximum Gasteiger partial charge on any atom is 0.0537 e. The lowest BCUT2D eigenvalue weighted by Gasteiger charge is -2.21. The van der Waals surface area contributed by atoms with Gasteiger partial charge in [-0.3, -0.25) is 4.68 Å². The number of hydrogen-bond donors (Lipinski definition) is 1. The molecule has 1 aliphatic carbocycles. The van der Waals surface area contributed by atoms with Crippen molar-refractivity contribution < 1.29 is 0 Å². The molecule has 1 heterocycles. The van der Waals surface area contributed by atoms with Gasteiger partial charge in [0.2, 0.25) is 0 Å². The predicted octanol–water partition coefficient (Wildman–Crippen LogP) is 3.13. The summed E-state index contributed by atoms with van der Waals surface area (Å²) in [6.07, 6.45) is 9.61. The molecule has 2 atom stereocenters. The van der Waals surface area contributed by atoms with E-state index in [2.05, 4.69) is 37.4 Å². The van der Waals surface area contributed by atoms with Crippen molar-refractivity contribution in [1.82, 2.24) is 15.1 Å². The first-order valence-electron chi connectivity index (χ1n) is 7.01. The zero-order valence-electron chi connectivity index (χ0n) is 11.3. The monoisotopic (exact) mass is 235 g/mol. The van der Waals surface area contributed by atoms with E-state index in [-0.39, 0.29) is 0 Å². The first kappa shape index (κ1) is 12.6. The molecule has 1 saturated carbocycles. The van der Waals surface area contributed by atoms with Crippen molar-refractivity contribution in [3.05, 3.63) is 18.0 Å². The van der Waals surface area contributed by atoms with Gasteiger partial charge < -0.3 is 5.32 Å². The Labute approximate surface area is 105 Å². The second kappa shape index (κ2) is 5.67.